The standard InChI is InChI=1S/C36H41F5N6O5/c1-18(2)28-30(21(11-13-42-28)10-12-36(40,41)17-48)47-32-22(14-24(38)29(43-32)26-25(49)9-8-23(37)27(26)39)31(44-33(47)50)45-15-20(4)46(16-19(45)3)34(51)52-35(5,6)7/h8-9,11,13-14,18-20,48-49H,10,12,15-17H2,1-7H3/t19-,20+/m0/s1. The number of carbonyl (C=O) groups is 1. The number of anilines is 1. The number of carbonyl (C=O) groups excluding carboxylic acids is 1. The third kappa shape index (κ3) is 7.52. The molecule has 2 N–H and O–H groups in total. The molecule has 0 bridgehead atoms. The summed E-state index contributed by atoms with van der Waals surface area (Å²) < 4.78 is 81.0. The molecule has 0 aliphatic carbocycles. The van der Waals surface area contributed by atoms with Gasteiger partial charge in [0.05, 0.1) is 22.3 Å². The number of aromatic hydroxyl groups is 1. The average molecular weight is 733 g/mol. The Morgan fingerprint density at radius 3 is 2.37 bits per heavy atom. The Balaban J connectivity index is 1.80. The van der Waals surface area contributed by atoms with Crippen LogP contribution in [0.3, 0.4) is 0 Å². The fourth-order valence-corrected chi connectivity index (χ4v) is 6.25. The summed E-state index contributed by atoms with van der Waals surface area (Å²) in [5.41, 5.74) is -3.29. The minimum Gasteiger partial charge on any atom is -0.507 e. The predicted octanol–water partition coefficient (Wildman–Crippen LogP) is 6.48. The van der Waals surface area contributed by atoms with Crippen molar-refractivity contribution >= 4 is 22.9 Å². The zero-order chi connectivity index (χ0) is 38.4. The summed E-state index contributed by atoms with van der Waals surface area (Å²) in [6.07, 6.45) is -0.309. The van der Waals surface area contributed by atoms with Crippen LogP contribution in [0.2, 0.25) is 0 Å². The van der Waals surface area contributed by atoms with Gasteiger partial charge in [-0.3, -0.25) is 4.98 Å². The molecule has 280 valence electrons. The topological polar surface area (TPSA) is 134 Å². The van der Waals surface area contributed by atoms with Crippen molar-refractivity contribution in [3.05, 3.63) is 69.7 Å². The number of phenols is 1. The molecule has 4 aromatic rings. The maximum Gasteiger partial charge on any atom is 0.410 e. The van der Waals surface area contributed by atoms with Gasteiger partial charge in [-0.2, -0.15) is 4.98 Å². The van der Waals surface area contributed by atoms with Crippen LogP contribution in [-0.2, 0) is 11.2 Å². The highest BCUT2D eigenvalue weighted by atomic mass is 19.3. The Bertz CT molecular complexity index is 2070. The lowest BCUT2D eigenvalue weighted by atomic mass is 9.99. The quantitative estimate of drug-likeness (QED) is 0.195. The summed E-state index contributed by atoms with van der Waals surface area (Å²) in [6.45, 7) is 11.1. The van der Waals surface area contributed by atoms with Gasteiger partial charge in [0.2, 0.25) is 0 Å². The predicted molar refractivity (Wildman–Crippen MR) is 184 cm³/mol. The molecule has 11 nitrogen and oxygen atoms in total. The lowest BCUT2D eigenvalue weighted by Crippen LogP contribution is -2.59. The second-order valence-corrected chi connectivity index (χ2v) is 14.4. The highest BCUT2D eigenvalue weighted by Crippen LogP contribution is 2.38. The van der Waals surface area contributed by atoms with Crippen molar-refractivity contribution in [3.8, 4) is 22.7 Å². The number of halogens is 5. The Kier molecular flexibility index (Phi) is 10.5. The zero-order valence-electron chi connectivity index (χ0n) is 29.8. The first-order valence-corrected chi connectivity index (χ1v) is 16.8. The minimum absolute atomic E-state index is 0.0189. The van der Waals surface area contributed by atoms with Crippen LogP contribution in [0.4, 0.5) is 32.6 Å². The number of pyridine rings is 2. The van der Waals surface area contributed by atoms with Crippen LogP contribution in [0.15, 0.2) is 35.3 Å². The molecule has 0 spiro atoms. The summed E-state index contributed by atoms with van der Waals surface area (Å²) in [5, 5.41) is 19.7. The van der Waals surface area contributed by atoms with Crippen LogP contribution >= 0.6 is 0 Å². The van der Waals surface area contributed by atoms with E-state index in [4.69, 9.17) is 4.74 Å². The van der Waals surface area contributed by atoms with E-state index in [0.29, 0.717) is 6.07 Å². The number of aliphatic hydroxyl groups is 1. The number of amides is 1. The highest BCUT2D eigenvalue weighted by molar-refractivity contribution is 5.91. The number of nitrogens with zero attached hydrogens (tertiary/aromatic N) is 6. The summed E-state index contributed by atoms with van der Waals surface area (Å²) in [4.78, 5) is 43.7. The molecule has 0 unspecified atom stereocenters. The average Bonchev–Trinajstić information content (AvgIpc) is 3.06. The van der Waals surface area contributed by atoms with Crippen LogP contribution in [0, 0.1) is 17.5 Å². The van der Waals surface area contributed by atoms with E-state index < -0.39 is 88.8 Å². The molecule has 0 radical (unpaired) electrons. The van der Waals surface area contributed by atoms with E-state index >= 15 is 8.78 Å². The van der Waals surface area contributed by atoms with E-state index in [1.165, 1.54) is 17.2 Å². The molecular formula is C36H41F5N6O5. The fraction of sp³-hybridized carbons (Fsp3) is 0.472. The number of aryl methyl sites for hydroxylation is 1. The van der Waals surface area contributed by atoms with E-state index in [-0.39, 0.29) is 53.3 Å². The Labute approximate surface area is 296 Å². The number of alkyl halides is 2. The molecule has 0 saturated carbocycles. The third-order valence-corrected chi connectivity index (χ3v) is 8.80. The van der Waals surface area contributed by atoms with Gasteiger partial charge in [0.15, 0.2) is 23.1 Å². The molecule has 52 heavy (non-hydrogen) atoms. The number of rotatable bonds is 8. The van der Waals surface area contributed by atoms with Crippen LogP contribution in [0.1, 0.15) is 72.1 Å². The summed E-state index contributed by atoms with van der Waals surface area (Å²) >= 11 is 0. The van der Waals surface area contributed by atoms with Gasteiger partial charge in [-0.05, 0) is 76.8 Å². The van der Waals surface area contributed by atoms with E-state index in [1.807, 2.05) is 0 Å². The van der Waals surface area contributed by atoms with Crippen molar-refractivity contribution in [2.24, 2.45) is 0 Å². The maximum absolute atomic E-state index is 16.2. The number of aliphatic hydroxyl groups excluding tert-OH is 1. The summed E-state index contributed by atoms with van der Waals surface area (Å²) in [5.74, 6) is -8.90. The maximum atomic E-state index is 16.2. The summed E-state index contributed by atoms with van der Waals surface area (Å²) in [6, 6.07) is 2.85. The Morgan fingerprint density at radius 2 is 1.73 bits per heavy atom. The van der Waals surface area contributed by atoms with Gasteiger partial charge >= 0.3 is 11.8 Å². The second kappa shape index (κ2) is 14.3. The van der Waals surface area contributed by atoms with E-state index in [9.17, 15) is 33.0 Å². The lowest BCUT2D eigenvalue weighted by Gasteiger charge is -2.44. The molecular weight excluding hydrogens is 691 g/mol. The van der Waals surface area contributed by atoms with E-state index in [0.717, 1.165) is 16.7 Å². The van der Waals surface area contributed by atoms with Crippen molar-refractivity contribution in [1.82, 2.24) is 24.4 Å². The minimum atomic E-state index is -3.46. The van der Waals surface area contributed by atoms with Gasteiger partial charge in [0.1, 0.15) is 29.5 Å². The molecule has 5 rings (SSSR count). The molecule has 1 saturated heterocycles. The lowest BCUT2D eigenvalue weighted by molar-refractivity contribution is -0.0558. The van der Waals surface area contributed by atoms with Gasteiger partial charge < -0.3 is 24.7 Å². The number of aromatic nitrogens is 4. The SMILES string of the molecule is CC(C)c1nccc(CCC(F)(F)CO)c1-n1c(=O)nc(N2C[C@@H](C)N(C(=O)OC(C)(C)C)C[C@@H]2C)c2cc(F)c(-c3c(O)ccc(F)c3F)nc21. The molecule has 4 heterocycles. The molecule has 1 amide bonds. The van der Waals surface area contributed by atoms with Crippen molar-refractivity contribution in [2.45, 2.75) is 90.8 Å². The number of benzene rings is 1. The number of phenolic OH excluding ortho intramolecular Hbond substituents is 1. The van der Waals surface area contributed by atoms with Gasteiger partial charge in [-0.1, -0.05) is 13.8 Å². The second-order valence-electron chi connectivity index (χ2n) is 14.4. The van der Waals surface area contributed by atoms with E-state index in [2.05, 4.69) is 15.0 Å². The molecule has 1 fully saturated rings. The molecule has 1 aromatic carbocycles. The van der Waals surface area contributed by atoms with Gasteiger partial charge in [-0.25, -0.2) is 41.1 Å². The first-order valence-electron chi connectivity index (χ1n) is 16.8. The molecule has 1 aliphatic heterocycles. The number of fused-ring (bicyclic) bond motifs is 1. The van der Waals surface area contributed by atoms with Crippen LogP contribution < -0.4 is 10.6 Å². The molecule has 16 heteroatoms. The summed E-state index contributed by atoms with van der Waals surface area (Å²) in [7, 11) is 0. The van der Waals surface area contributed by atoms with Crippen LogP contribution in [-0.4, -0.2) is 84.0 Å². The van der Waals surface area contributed by atoms with Crippen molar-refractivity contribution < 1.29 is 41.7 Å². The van der Waals surface area contributed by atoms with Gasteiger partial charge in [0, 0.05) is 37.8 Å². The Morgan fingerprint density at radius 1 is 1.04 bits per heavy atom. The normalized spacial score (nSPS) is 17.0. The monoisotopic (exact) mass is 732 g/mol. The molecule has 1 aliphatic rings. The number of hydrogen-bond acceptors (Lipinski definition) is 9. The Hall–Kier alpha value is -4.86. The third-order valence-electron chi connectivity index (χ3n) is 8.80. The van der Waals surface area contributed by atoms with Crippen LogP contribution in [0.5, 0.6) is 5.75 Å². The smallest absolute Gasteiger partial charge is 0.410 e. The fourth-order valence-electron chi connectivity index (χ4n) is 6.25. The molecule has 3 aromatic heterocycles. The number of hydrogen-bond donors (Lipinski definition) is 2. The highest BCUT2D eigenvalue weighted by Gasteiger charge is 2.37. The largest absolute Gasteiger partial charge is 0.507 e. The van der Waals surface area contributed by atoms with E-state index in [1.54, 1.807) is 53.4 Å². The first kappa shape index (κ1) is 38.4. The first-order chi connectivity index (χ1) is 24.2. The van der Waals surface area contributed by atoms with Crippen molar-refractivity contribution in [1.29, 1.82) is 0 Å². The van der Waals surface area contributed by atoms with Gasteiger partial charge in [-0.15, -0.1) is 0 Å². The van der Waals surface area contributed by atoms with Crippen molar-refractivity contribution in [3.63, 3.8) is 0 Å². The zero-order valence-corrected chi connectivity index (χ0v) is 29.8. The van der Waals surface area contributed by atoms with Crippen molar-refractivity contribution in [2.75, 3.05) is 24.6 Å². The number of ether oxygens (including phenoxy) is 1. The molecule has 2 atom stereocenters. The number of piperazine rings is 1. The van der Waals surface area contributed by atoms with Gasteiger partial charge in [0.25, 0.3) is 5.92 Å². The van der Waals surface area contributed by atoms with Crippen LogP contribution in [0.25, 0.3) is 28.0 Å².